The summed E-state index contributed by atoms with van der Waals surface area (Å²) >= 11 is 3.47. The van der Waals surface area contributed by atoms with Gasteiger partial charge < -0.3 is 5.11 Å². The number of nitrogens with zero attached hydrogens (tertiary/aromatic N) is 2. The van der Waals surface area contributed by atoms with Crippen molar-refractivity contribution < 1.29 is 5.11 Å². The van der Waals surface area contributed by atoms with Crippen LogP contribution in [0.5, 0.6) is 0 Å². The molecule has 1 aromatic heterocycles. The van der Waals surface area contributed by atoms with Crippen LogP contribution in [0, 0.1) is 0 Å². The van der Waals surface area contributed by atoms with Gasteiger partial charge in [-0.1, -0.05) is 30.3 Å². The van der Waals surface area contributed by atoms with E-state index in [1.54, 1.807) is 6.20 Å². The molecule has 1 atom stereocenters. The maximum atomic E-state index is 10.4. The monoisotopic (exact) mass is 322 g/mol. The Morgan fingerprint density at radius 1 is 1.26 bits per heavy atom. The Labute approximate surface area is 122 Å². The highest BCUT2D eigenvalue weighted by Crippen LogP contribution is 2.28. The Kier molecular flexibility index (Phi) is 4.77. The van der Waals surface area contributed by atoms with E-state index in [9.17, 15) is 5.11 Å². The Bertz CT molecular complexity index is 522. The molecule has 0 saturated carbocycles. The minimum Gasteiger partial charge on any atom is -0.387 e. The molecule has 0 fully saturated rings. The van der Waals surface area contributed by atoms with Crippen LogP contribution in [0.4, 0.5) is 0 Å². The van der Waals surface area contributed by atoms with Gasteiger partial charge in [-0.25, -0.2) is 0 Å². The number of benzene rings is 1. The second-order valence-corrected chi connectivity index (χ2v) is 5.81. The molecular formula is C15H19BrN2O. The summed E-state index contributed by atoms with van der Waals surface area (Å²) in [5.74, 6) is 0. The van der Waals surface area contributed by atoms with Crippen molar-refractivity contribution in [1.82, 2.24) is 9.78 Å². The molecule has 1 aromatic carbocycles. The average Bonchev–Trinajstić information content (AvgIpc) is 2.79. The minimum atomic E-state index is -0.500. The first kappa shape index (κ1) is 14.3. The molecule has 2 aromatic rings. The van der Waals surface area contributed by atoms with Crippen LogP contribution in [0.1, 0.15) is 43.7 Å². The molecule has 2 rings (SSSR count). The standard InChI is InChI=1S/C15H19BrN2O/c1-11(2)18-15(13(16)10-17-18)14(19)9-8-12-6-4-3-5-7-12/h3-7,10-11,14,19H,8-9H2,1-2H3. The Morgan fingerprint density at radius 2 is 1.95 bits per heavy atom. The summed E-state index contributed by atoms with van der Waals surface area (Å²) in [7, 11) is 0. The third-order valence-electron chi connectivity index (χ3n) is 3.14. The van der Waals surface area contributed by atoms with Crippen LogP contribution in [0.2, 0.25) is 0 Å². The molecule has 0 radical (unpaired) electrons. The Hall–Kier alpha value is -1.13. The van der Waals surface area contributed by atoms with Crippen molar-refractivity contribution >= 4 is 15.9 Å². The molecule has 1 N–H and O–H groups in total. The number of aromatic nitrogens is 2. The lowest BCUT2D eigenvalue weighted by Crippen LogP contribution is -2.12. The number of hydrogen-bond donors (Lipinski definition) is 1. The van der Waals surface area contributed by atoms with Crippen molar-refractivity contribution in [1.29, 1.82) is 0 Å². The highest BCUT2D eigenvalue weighted by Gasteiger charge is 2.19. The summed E-state index contributed by atoms with van der Waals surface area (Å²) in [5, 5.41) is 14.7. The van der Waals surface area contributed by atoms with Crippen molar-refractivity contribution in [3.63, 3.8) is 0 Å². The normalized spacial score (nSPS) is 12.9. The molecule has 0 aliphatic heterocycles. The molecule has 1 unspecified atom stereocenters. The fourth-order valence-electron chi connectivity index (χ4n) is 2.16. The number of aliphatic hydroxyl groups is 1. The molecule has 0 aliphatic carbocycles. The van der Waals surface area contributed by atoms with E-state index in [-0.39, 0.29) is 6.04 Å². The maximum absolute atomic E-state index is 10.4. The van der Waals surface area contributed by atoms with E-state index in [0.717, 1.165) is 16.6 Å². The summed E-state index contributed by atoms with van der Waals surface area (Å²) in [6, 6.07) is 10.5. The zero-order valence-electron chi connectivity index (χ0n) is 11.3. The number of hydrogen-bond acceptors (Lipinski definition) is 2. The van der Waals surface area contributed by atoms with Gasteiger partial charge in [-0.05, 0) is 48.2 Å². The summed E-state index contributed by atoms with van der Waals surface area (Å²) < 4.78 is 2.75. The highest BCUT2D eigenvalue weighted by atomic mass is 79.9. The van der Waals surface area contributed by atoms with Crippen LogP contribution in [0.25, 0.3) is 0 Å². The fraction of sp³-hybridized carbons (Fsp3) is 0.400. The predicted molar refractivity (Wildman–Crippen MR) is 80.0 cm³/mol. The highest BCUT2D eigenvalue weighted by molar-refractivity contribution is 9.10. The van der Waals surface area contributed by atoms with Gasteiger partial charge in [0.2, 0.25) is 0 Å². The van der Waals surface area contributed by atoms with Gasteiger partial charge in [0.05, 0.1) is 22.5 Å². The van der Waals surface area contributed by atoms with Crippen LogP contribution >= 0.6 is 15.9 Å². The van der Waals surface area contributed by atoms with E-state index in [4.69, 9.17) is 0 Å². The van der Waals surface area contributed by atoms with Gasteiger partial charge in [-0.3, -0.25) is 4.68 Å². The molecule has 0 amide bonds. The molecule has 19 heavy (non-hydrogen) atoms. The van der Waals surface area contributed by atoms with Gasteiger partial charge in [0.25, 0.3) is 0 Å². The quantitative estimate of drug-likeness (QED) is 0.906. The summed E-state index contributed by atoms with van der Waals surface area (Å²) in [5.41, 5.74) is 2.11. The van der Waals surface area contributed by atoms with E-state index in [1.807, 2.05) is 22.9 Å². The van der Waals surface area contributed by atoms with Crippen LogP contribution in [0.3, 0.4) is 0 Å². The van der Waals surface area contributed by atoms with Crippen molar-refractivity contribution in [3.8, 4) is 0 Å². The van der Waals surface area contributed by atoms with Gasteiger partial charge in [-0.15, -0.1) is 0 Å². The van der Waals surface area contributed by atoms with E-state index < -0.39 is 6.10 Å². The third-order valence-corrected chi connectivity index (χ3v) is 3.75. The number of halogens is 1. The van der Waals surface area contributed by atoms with E-state index in [0.29, 0.717) is 6.42 Å². The lowest BCUT2D eigenvalue weighted by atomic mass is 10.0. The van der Waals surface area contributed by atoms with Gasteiger partial charge in [-0.2, -0.15) is 5.10 Å². The van der Waals surface area contributed by atoms with Crippen molar-refractivity contribution in [2.24, 2.45) is 0 Å². The van der Waals surface area contributed by atoms with E-state index >= 15 is 0 Å². The molecule has 4 heteroatoms. The molecule has 3 nitrogen and oxygen atoms in total. The zero-order chi connectivity index (χ0) is 13.8. The Balaban J connectivity index is 2.08. The largest absolute Gasteiger partial charge is 0.387 e. The van der Waals surface area contributed by atoms with Gasteiger partial charge in [0.15, 0.2) is 0 Å². The van der Waals surface area contributed by atoms with Gasteiger partial charge in [0.1, 0.15) is 0 Å². The van der Waals surface area contributed by atoms with Crippen LogP contribution in [-0.2, 0) is 6.42 Å². The first-order valence-electron chi connectivity index (χ1n) is 6.54. The number of rotatable bonds is 5. The van der Waals surface area contributed by atoms with Gasteiger partial charge >= 0.3 is 0 Å². The summed E-state index contributed by atoms with van der Waals surface area (Å²) in [6.07, 6.45) is 2.80. The molecule has 0 spiro atoms. The van der Waals surface area contributed by atoms with Gasteiger partial charge in [0, 0.05) is 6.04 Å². The second kappa shape index (κ2) is 6.35. The van der Waals surface area contributed by atoms with E-state index in [1.165, 1.54) is 5.56 Å². The SMILES string of the molecule is CC(C)n1ncc(Br)c1C(O)CCc1ccccc1. The summed E-state index contributed by atoms with van der Waals surface area (Å²) in [6.45, 7) is 4.12. The van der Waals surface area contributed by atoms with E-state index in [2.05, 4.69) is 47.0 Å². The lowest BCUT2D eigenvalue weighted by Gasteiger charge is -2.16. The molecule has 0 saturated heterocycles. The van der Waals surface area contributed by atoms with Crippen LogP contribution in [-0.4, -0.2) is 14.9 Å². The topological polar surface area (TPSA) is 38.0 Å². The zero-order valence-corrected chi connectivity index (χ0v) is 12.8. The maximum Gasteiger partial charge on any atom is 0.0971 e. The molecule has 0 bridgehead atoms. The van der Waals surface area contributed by atoms with Crippen LogP contribution < -0.4 is 0 Å². The molecule has 1 heterocycles. The smallest absolute Gasteiger partial charge is 0.0971 e. The lowest BCUT2D eigenvalue weighted by molar-refractivity contribution is 0.154. The van der Waals surface area contributed by atoms with Crippen molar-refractivity contribution in [2.45, 2.75) is 38.8 Å². The first-order valence-corrected chi connectivity index (χ1v) is 7.33. The molecule has 0 aliphatic rings. The van der Waals surface area contributed by atoms with Crippen molar-refractivity contribution in [2.75, 3.05) is 0 Å². The average molecular weight is 323 g/mol. The fourth-order valence-corrected chi connectivity index (χ4v) is 2.70. The van der Waals surface area contributed by atoms with Crippen molar-refractivity contribution in [3.05, 3.63) is 52.3 Å². The second-order valence-electron chi connectivity index (χ2n) is 4.96. The third kappa shape index (κ3) is 3.45. The summed E-state index contributed by atoms with van der Waals surface area (Å²) in [4.78, 5) is 0. The van der Waals surface area contributed by atoms with Crippen LogP contribution in [0.15, 0.2) is 41.0 Å². The first-order chi connectivity index (χ1) is 9.09. The minimum absolute atomic E-state index is 0.243. The molecule has 102 valence electrons. The Morgan fingerprint density at radius 3 is 2.58 bits per heavy atom. The number of aryl methyl sites for hydroxylation is 1. The predicted octanol–water partition coefficient (Wildman–Crippen LogP) is 3.89. The number of aliphatic hydroxyl groups excluding tert-OH is 1. The molecular weight excluding hydrogens is 304 g/mol.